The van der Waals surface area contributed by atoms with E-state index in [4.69, 9.17) is 0 Å². The Morgan fingerprint density at radius 3 is 2.57 bits per heavy atom. The summed E-state index contributed by atoms with van der Waals surface area (Å²) in [5.41, 5.74) is 0. The molecule has 0 N–H and O–H groups in total. The number of hydrogen-bond acceptors (Lipinski definition) is 4. The molecule has 3 saturated heterocycles. The summed E-state index contributed by atoms with van der Waals surface area (Å²) in [5.74, 6) is 0.396. The van der Waals surface area contributed by atoms with Gasteiger partial charge in [0.05, 0.1) is 11.5 Å². The standard InChI is InChI=1S/C14H22N2O4S/c1-2-11-13(17)15-6-3-4-12(15)14(18)16(11)8-10-5-7-21(19,20)9-10/h10-12H,2-9H2,1H3. The minimum Gasteiger partial charge on any atom is -0.329 e. The molecule has 3 unspecified atom stereocenters. The van der Waals surface area contributed by atoms with Crippen LogP contribution in [0.15, 0.2) is 0 Å². The fourth-order valence-corrected chi connectivity index (χ4v) is 5.71. The predicted molar refractivity (Wildman–Crippen MR) is 77.3 cm³/mol. The third-order valence-electron chi connectivity index (χ3n) is 4.93. The van der Waals surface area contributed by atoms with Gasteiger partial charge in [-0.1, -0.05) is 6.92 Å². The highest BCUT2D eigenvalue weighted by atomic mass is 32.2. The van der Waals surface area contributed by atoms with Gasteiger partial charge >= 0.3 is 0 Å². The average molecular weight is 314 g/mol. The zero-order valence-corrected chi connectivity index (χ0v) is 13.1. The van der Waals surface area contributed by atoms with E-state index in [0.29, 0.717) is 25.9 Å². The Balaban J connectivity index is 1.78. The minimum absolute atomic E-state index is 0.0169. The van der Waals surface area contributed by atoms with Gasteiger partial charge in [-0.2, -0.15) is 0 Å². The van der Waals surface area contributed by atoms with Crippen LogP contribution in [-0.4, -0.2) is 66.7 Å². The van der Waals surface area contributed by atoms with Crippen LogP contribution in [0.25, 0.3) is 0 Å². The van der Waals surface area contributed by atoms with Crippen LogP contribution in [0.2, 0.25) is 0 Å². The lowest BCUT2D eigenvalue weighted by Crippen LogP contribution is -2.63. The number of rotatable bonds is 3. The van der Waals surface area contributed by atoms with Crippen molar-refractivity contribution in [3.05, 3.63) is 0 Å². The van der Waals surface area contributed by atoms with E-state index in [1.54, 1.807) is 9.80 Å². The van der Waals surface area contributed by atoms with E-state index in [1.165, 1.54) is 0 Å². The van der Waals surface area contributed by atoms with Crippen LogP contribution < -0.4 is 0 Å². The van der Waals surface area contributed by atoms with Gasteiger partial charge in [0.1, 0.15) is 12.1 Å². The van der Waals surface area contributed by atoms with E-state index in [-0.39, 0.29) is 35.3 Å². The number of amides is 2. The van der Waals surface area contributed by atoms with Crippen LogP contribution in [0.5, 0.6) is 0 Å². The van der Waals surface area contributed by atoms with Gasteiger partial charge in [0.15, 0.2) is 9.84 Å². The van der Waals surface area contributed by atoms with Gasteiger partial charge in [-0.15, -0.1) is 0 Å². The van der Waals surface area contributed by atoms with Gasteiger partial charge < -0.3 is 9.80 Å². The molecule has 6 nitrogen and oxygen atoms in total. The fourth-order valence-electron chi connectivity index (χ4n) is 3.86. The molecule has 7 heteroatoms. The minimum atomic E-state index is -2.95. The smallest absolute Gasteiger partial charge is 0.246 e. The van der Waals surface area contributed by atoms with Crippen molar-refractivity contribution in [2.24, 2.45) is 5.92 Å². The van der Waals surface area contributed by atoms with Crippen LogP contribution in [0.3, 0.4) is 0 Å². The molecule has 3 heterocycles. The van der Waals surface area contributed by atoms with E-state index in [0.717, 1.165) is 12.8 Å². The van der Waals surface area contributed by atoms with Gasteiger partial charge in [0.2, 0.25) is 11.8 Å². The van der Waals surface area contributed by atoms with Crippen molar-refractivity contribution < 1.29 is 18.0 Å². The van der Waals surface area contributed by atoms with Gasteiger partial charge in [-0.3, -0.25) is 9.59 Å². The van der Waals surface area contributed by atoms with E-state index in [9.17, 15) is 18.0 Å². The number of carbonyl (C=O) groups is 2. The molecular weight excluding hydrogens is 292 g/mol. The lowest BCUT2D eigenvalue weighted by molar-refractivity contribution is -0.160. The highest BCUT2D eigenvalue weighted by molar-refractivity contribution is 7.91. The van der Waals surface area contributed by atoms with Crippen LogP contribution >= 0.6 is 0 Å². The molecule has 3 fully saturated rings. The topological polar surface area (TPSA) is 74.8 Å². The Hall–Kier alpha value is -1.11. The third kappa shape index (κ3) is 2.56. The Morgan fingerprint density at radius 2 is 1.95 bits per heavy atom. The number of sulfone groups is 1. The number of nitrogens with zero attached hydrogens (tertiary/aromatic N) is 2. The Morgan fingerprint density at radius 1 is 1.19 bits per heavy atom. The summed E-state index contributed by atoms with van der Waals surface area (Å²) in [7, 11) is -2.95. The Bertz CT molecular complexity index is 559. The summed E-state index contributed by atoms with van der Waals surface area (Å²) in [6.45, 7) is 2.99. The third-order valence-corrected chi connectivity index (χ3v) is 6.77. The predicted octanol–water partition coefficient (Wildman–Crippen LogP) is 0.0329. The Kier molecular flexibility index (Phi) is 3.71. The fraction of sp³-hybridized carbons (Fsp3) is 0.857. The molecule has 3 aliphatic rings. The molecule has 0 aromatic rings. The summed E-state index contributed by atoms with van der Waals surface area (Å²) in [4.78, 5) is 28.6. The van der Waals surface area contributed by atoms with Crippen molar-refractivity contribution in [2.45, 2.75) is 44.7 Å². The summed E-state index contributed by atoms with van der Waals surface area (Å²) in [6, 6.07) is -0.714. The van der Waals surface area contributed by atoms with E-state index >= 15 is 0 Å². The first-order chi connectivity index (χ1) is 9.93. The van der Waals surface area contributed by atoms with Gasteiger partial charge in [0, 0.05) is 13.1 Å². The lowest BCUT2D eigenvalue weighted by Gasteiger charge is -2.43. The first-order valence-corrected chi connectivity index (χ1v) is 9.56. The maximum absolute atomic E-state index is 12.7. The second-order valence-electron chi connectivity index (χ2n) is 6.37. The van der Waals surface area contributed by atoms with Gasteiger partial charge in [0.25, 0.3) is 0 Å². The molecule has 0 aromatic heterocycles. The SMILES string of the molecule is CCC1C(=O)N2CCCC2C(=O)N1CC1CCS(=O)(=O)C1. The summed E-state index contributed by atoms with van der Waals surface area (Å²) in [5, 5.41) is 0. The molecule has 0 bridgehead atoms. The van der Waals surface area contributed by atoms with Gasteiger partial charge in [-0.25, -0.2) is 8.42 Å². The molecule has 3 rings (SSSR count). The molecule has 2 amide bonds. The largest absolute Gasteiger partial charge is 0.329 e. The normalized spacial score (nSPS) is 35.4. The molecular formula is C14H22N2O4S. The molecule has 21 heavy (non-hydrogen) atoms. The summed E-state index contributed by atoms with van der Waals surface area (Å²) >= 11 is 0. The van der Waals surface area contributed by atoms with Crippen molar-refractivity contribution in [3.8, 4) is 0 Å². The van der Waals surface area contributed by atoms with Crippen molar-refractivity contribution in [1.29, 1.82) is 0 Å². The van der Waals surface area contributed by atoms with Crippen LogP contribution in [0, 0.1) is 5.92 Å². The maximum atomic E-state index is 12.7. The highest BCUT2D eigenvalue weighted by Crippen LogP contribution is 2.30. The van der Waals surface area contributed by atoms with Gasteiger partial charge in [-0.05, 0) is 31.6 Å². The van der Waals surface area contributed by atoms with Crippen molar-refractivity contribution in [1.82, 2.24) is 9.80 Å². The summed E-state index contributed by atoms with van der Waals surface area (Å²) in [6.07, 6.45) is 2.81. The second kappa shape index (κ2) is 5.26. The van der Waals surface area contributed by atoms with Crippen molar-refractivity contribution in [2.75, 3.05) is 24.6 Å². The quantitative estimate of drug-likeness (QED) is 0.737. The molecule has 3 atom stereocenters. The van der Waals surface area contributed by atoms with E-state index in [2.05, 4.69) is 0 Å². The molecule has 118 valence electrons. The highest BCUT2D eigenvalue weighted by Gasteiger charge is 2.47. The number of hydrogen-bond donors (Lipinski definition) is 0. The zero-order chi connectivity index (χ0) is 15.2. The molecule has 0 saturated carbocycles. The van der Waals surface area contributed by atoms with Crippen LogP contribution in [0.1, 0.15) is 32.6 Å². The van der Waals surface area contributed by atoms with Crippen LogP contribution in [-0.2, 0) is 19.4 Å². The molecule has 0 aliphatic carbocycles. The molecule has 3 aliphatic heterocycles. The molecule has 0 aromatic carbocycles. The monoisotopic (exact) mass is 314 g/mol. The number of piperazine rings is 1. The van der Waals surface area contributed by atoms with Crippen molar-refractivity contribution in [3.63, 3.8) is 0 Å². The first kappa shape index (κ1) is 14.8. The maximum Gasteiger partial charge on any atom is 0.246 e. The molecule has 0 spiro atoms. The molecule has 0 radical (unpaired) electrons. The summed E-state index contributed by atoms with van der Waals surface area (Å²) < 4.78 is 23.2. The number of carbonyl (C=O) groups excluding carboxylic acids is 2. The lowest BCUT2D eigenvalue weighted by atomic mass is 10.00. The second-order valence-corrected chi connectivity index (χ2v) is 8.60. The Labute approximate surface area is 125 Å². The zero-order valence-electron chi connectivity index (χ0n) is 12.3. The average Bonchev–Trinajstić information content (AvgIpc) is 3.03. The van der Waals surface area contributed by atoms with Crippen molar-refractivity contribution >= 4 is 21.7 Å². The first-order valence-electron chi connectivity index (χ1n) is 7.74. The van der Waals surface area contributed by atoms with Crippen LogP contribution in [0.4, 0.5) is 0 Å². The number of fused-ring (bicyclic) bond motifs is 1. The van der Waals surface area contributed by atoms with E-state index < -0.39 is 15.9 Å². The van der Waals surface area contributed by atoms with E-state index in [1.807, 2.05) is 6.92 Å².